The molecule has 0 fully saturated rings. The number of hydrogen-bond acceptors (Lipinski definition) is 1. The van der Waals surface area contributed by atoms with Crippen molar-refractivity contribution in [2.45, 2.75) is 13.3 Å². The zero-order valence-electron chi connectivity index (χ0n) is 5.96. The van der Waals surface area contributed by atoms with Crippen molar-refractivity contribution in [3.05, 3.63) is 29.8 Å². The topological polar surface area (TPSA) is 51.7 Å². The molecule has 2 heteroatoms. The van der Waals surface area contributed by atoms with Crippen LogP contribution < -0.4 is 0 Å². The molecule has 56 valence electrons. The van der Waals surface area contributed by atoms with E-state index in [0.29, 0.717) is 5.75 Å². The first-order chi connectivity index (χ1) is 4.34. The number of phenols is 1. The van der Waals surface area contributed by atoms with Gasteiger partial charge in [0.1, 0.15) is 5.75 Å². The largest absolute Gasteiger partial charge is 0.508 e. The first kappa shape index (κ1) is 8.98. The maximum absolute atomic E-state index is 9.11. The number of benzene rings is 1. The highest BCUT2D eigenvalue weighted by Gasteiger charge is 1.92. The molecule has 0 atom stereocenters. The Hall–Kier alpha value is -1.02. The zero-order chi connectivity index (χ0) is 6.69. The van der Waals surface area contributed by atoms with Crippen LogP contribution in [0.25, 0.3) is 0 Å². The van der Waals surface area contributed by atoms with Crippen LogP contribution in [0, 0.1) is 0 Å². The Morgan fingerprint density at radius 3 is 2.30 bits per heavy atom. The number of hydrogen-bond donors (Lipinski definition) is 1. The summed E-state index contributed by atoms with van der Waals surface area (Å²) in [5.41, 5.74) is 1.01. The molecule has 0 aromatic heterocycles. The molecule has 0 saturated heterocycles. The number of phenolic OH excluding ortho intramolecular Hbond substituents is 1. The average molecular weight is 140 g/mol. The third kappa shape index (κ3) is 1.74. The van der Waals surface area contributed by atoms with Gasteiger partial charge in [0, 0.05) is 0 Å². The summed E-state index contributed by atoms with van der Waals surface area (Å²) in [5.74, 6) is 0.403. The monoisotopic (exact) mass is 140 g/mol. The molecule has 0 amide bonds. The van der Waals surface area contributed by atoms with Gasteiger partial charge in [0.15, 0.2) is 0 Å². The predicted molar refractivity (Wildman–Crippen MR) is 41.1 cm³/mol. The molecule has 0 heterocycles. The minimum Gasteiger partial charge on any atom is -0.508 e. The lowest BCUT2D eigenvalue weighted by molar-refractivity contribution is 0.469. The Morgan fingerprint density at radius 2 is 1.90 bits per heavy atom. The van der Waals surface area contributed by atoms with Gasteiger partial charge in [-0.15, -0.1) is 0 Å². The van der Waals surface area contributed by atoms with Gasteiger partial charge in [-0.3, -0.25) is 0 Å². The van der Waals surface area contributed by atoms with Gasteiger partial charge in [-0.2, -0.15) is 0 Å². The SMILES string of the molecule is CCc1ccccc1O.O. The van der Waals surface area contributed by atoms with Gasteiger partial charge in [0.25, 0.3) is 0 Å². The first-order valence-electron chi connectivity index (χ1n) is 3.11. The Kier molecular flexibility index (Phi) is 3.51. The third-order valence-electron chi connectivity index (χ3n) is 1.37. The summed E-state index contributed by atoms with van der Waals surface area (Å²) >= 11 is 0. The van der Waals surface area contributed by atoms with Crippen LogP contribution >= 0.6 is 0 Å². The maximum atomic E-state index is 9.11. The molecule has 1 aromatic rings. The second kappa shape index (κ2) is 3.90. The summed E-state index contributed by atoms with van der Waals surface area (Å²) in [4.78, 5) is 0. The fourth-order valence-electron chi connectivity index (χ4n) is 0.810. The van der Waals surface area contributed by atoms with Crippen molar-refractivity contribution in [1.29, 1.82) is 0 Å². The van der Waals surface area contributed by atoms with Crippen molar-refractivity contribution in [2.75, 3.05) is 0 Å². The molecule has 0 saturated carbocycles. The van der Waals surface area contributed by atoms with Crippen molar-refractivity contribution in [1.82, 2.24) is 0 Å². The molecule has 0 bridgehead atoms. The van der Waals surface area contributed by atoms with Crippen LogP contribution in [0.4, 0.5) is 0 Å². The first-order valence-corrected chi connectivity index (χ1v) is 3.11. The lowest BCUT2D eigenvalue weighted by Gasteiger charge is -1.97. The van der Waals surface area contributed by atoms with Gasteiger partial charge in [-0.1, -0.05) is 25.1 Å². The minimum absolute atomic E-state index is 0. The maximum Gasteiger partial charge on any atom is 0.118 e. The summed E-state index contributed by atoms with van der Waals surface area (Å²) in [6.07, 6.45) is 0.896. The van der Waals surface area contributed by atoms with Gasteiger partial charge in [0.2, 0.25) is 0 Å². The van der Waals surface area contributed by atoms with Gasteiger partial charge in [-0.25, -0.2) is 0 Å². The summed E-state index contributed by atoms with van der Waals surface area (Å²) in [5, 5.41) is 9.11. The van der Waals surface area contributed by atoms with Crippen LogP contribution in [-0.4, -0.2) is 10.6 Å². The van der Waals surface area contributed by atoms with Gasteiger partial charge >= 0.3 is 0 Å². The Balaban J connectivity index is 0.000000810. The normalized spacial score (nSPS) is 8.50. The quantitative estimate of drug-likeness (QED) is 0.624. The summed E-state index contributed by atoms with van der Waals surface area (Å²) in [6.45, 7) is 2.02. The summed E-state index contributed by atoms with van der Waals surface area (Å²) in [7, 11) is 0. The molecule has 0 spiro atoms. The van der Waals surface area contributed by atoms with Gasteiger partial charge in [-0.05, 0) is 18.1 Å². The molecule has 0 aliphatic rings. The second-order valence-electron chi connectivity index (χ2n) is 1.98. The number of aromatic hydroxyl groups is 1. The second-order valence-corrected chi connectivity index (χ2v) is 1.98. The number of aryl methyl sites for hydroxylation is 1. The fraction of sp³-hybridized carbons (Fsp3) is 0.250. The standard InChI is InChI=1S/C8H10O.H2O/c1-2-7-5-3-4-6-8(7)9;/h3-6,9H,2H2,1H3;1H2. The van der Waals surface area contributed by atoms with E-state index in [4.69, 9.17) is 5.11 Å². The van der Waals surface area contributed by atoms with E-state index in [1.807, 2.05) is 25.1 Å². The molecule has 0 unspecified atom stereocenters. The average Bonchev–Trinajstić information content (AvgIpc) is 1.89. The summed E-state index contributed by atoms with van der Waals surface area (Å²) < 4.78 is 0. The van der Waals surface area contributed by atoms with Crippen molar-refractivity contribution in [2.24, 2.45) is 0 Å². The third-order valence-corrected chi connectivity index (χ3v) is 1.37. The molecule has 10 heavy (non-hydrogen) atoms. The van der Waals surface area contributed by atoms with Crippen LogP contribution in [0.15, 0.2) is 24.3 Å². The minimum atomic E-state index is 0. The van der Waals surface area contributed by atoms with Crippen molar-refractivity contribution in [3.63, 3.8) is 0 Å². The fourth-order valence-corrected chi connectivity index (χ4v) is 0.810. The smallest absolute Gasteiger partial charge is 0.118 e. The molecule has 2 nitrogen and oxygen atoms in total. The van der Waals surface area contributed by atoms with E-state index in [-0.39, 0.29) is 5.48 Å². The van der Waals surface area contributed by atoms with E-state index in [1.54, 1.807) is 6.07 Å². The van der Waals surface area contributed by atoms with E-state index < -0.39 is 0 Å². The molecule has 1 aromatic carbocycles. The lowest BCUT2D eigenvalue weighted by atomic mass is 10.1. The van der Waals surface area contributed by atoms with E-state index in [0.717, 1.165) is 12.0 Å². The van der Waals surface area contributed by atoms with Crippen molar-refractivity contribution in [3.8, 4) is 5.75 Å². The highest BCUT2D eigenvalue weighted by Crippen LogP contribution is 2.14. The van der Waals surface area contributed by atoms with Crippen LogP contribution in [0.2, 0.25) is 0 Å². The van der Waals surface area contributed by atoms with Crippen LogP contribution in [0.5, 0.6) is 5.75 Å². The molecular formula is C8H12O2. The molecular weight excluding hydrogens is 128 g/mol. The van der Waals surface area contributed by atoms with E-state index in [9.17, 15) is 0 Å². The highest BCUT2D eigenvalue weighted by atomic mass is 16.3. The van der Waals surface area contributed by atoms with Crippen molar-refractivity contribution >= 4 is 0 Å². The lowest BCUT2D eigenvalue weighted by Crippen LogP contribution is -1.77. The number of rotatable bonds is 1. The zero-order valence-corrected chi connectivity index (χ0v) is 5.96. The summed E-state index contributed by atoms with van der Waals surface area (Å²) in [6, 6.07) is 7.39. The Bertz CT molecular complexity index is 196. The highest BCUT2D eigenvalue weighted by molar-refractivity contribution is 5.31. The van der Waals surface area contributed by atoms with Crippen LogP contribution in [-0.2, 0) is 6.42 Å². The molecule has 0 aliphatic carbocycles. The Labute approximate surface area is 60.4 Å². The predicted octanol–water partition coefficient (Wildman–Crippen LogP) is 1.13. The van der Waals surface area contributed by atoms with Crippen LogP contribution in [0.1, 0.15) is 12.5 Å². The van der Waals surface area contributed by atoms with Gasteiger partial charge in [0.05, 0.1) is 0 Å². The van der Waals surface area contributed by atoms with E-state index in [2.05, 4.69) is 0 Å². The number of para-hydroxylation sites is 1. The Morgan fingerprint density at radius 1 is 1.30 bits per heavy atom. The molecule has 0 radical (unpaired) electrons. The molecule has 3 N–H and O–H groups in total. The molecule has 0 aliphatic heterocycles. The van der Waals surface area contributed by atoms with Crippen LogP contribution in [0.3, 0.4) is 0 Å². The van der Waals surface area contributed by atoms with E-state index in [1.165, 1.54) is 0 Å². The van der Waals surface area contributed by atoms with Gasteiger partial charge < -0.3 is 10.6 Å². The van der Waals surface area contributed by atoms with E-state index >= 15 is 0 Å². The molecule has 1 rings (SSSR count). The van der Waals surface area contributed by atoms with Crippen molar-refractivity contribution < 1.29 is 10.6 Å².